The molecule has 0 aliphatic heterocycles. The molecule has 3 nitrogen and oxygen atoms in total. The molecule has 0 bridgehead atoms. The highest BCUT2D eigenvalue weighted by molar-refractivity contribution is 5.94. The lowest BCUT2D eigenvalue weighted by molar-refractivity contribution is 0.0941. The zero-order chi connectivity index (χ0) is 15.0. The van der Waals surface area contributed by atoms with Crippen LogP contribution in [0.2, 0.25) is 0 Å². The third-order valence-corrected chi connectivity index (χ3v) is 4.59. The summed E-state index contributed by atoms with van der Waals surface area (Å²) in [6, 6.07) is 2.18. The maximum Gasteiger partial charge on any atom is 0.251 e. The van der Waals surface area contributed by atoms with Crippen LogP contribution in [0.15, 0.2) is 12.1 Å². The quantitative estimate of drug-likeness (QED) is 0.845. The van der Waals surface area contributed by atoms with Crippen LogP contribution in [-0.2, 0) is 0 Å². The molecular formula is C16H20F2N2O. The lowest BCUT2D eigenvalue weighted by atomic mass is 10.0. The van der Waals surface area contributed by atoms with Crippen molar-refractivity contribution < 1.29 is 13.6 Å². The Morgan fingerprint density at radius 2 is 1.90 bits per heavy atom. The summed E-state index contributed by atoms with van der Waals surface area (Å²) in [5.41, 5.74) is 0.139. The molecule has 5 heteroatoms. The van der Waals surface area contributed by atoms with Crippen molar-refractivity contribution in [1.29, 1.82) is 0 Å². The second kappa shape index (κ2) is 5.28. The molecule has 0 aromatic heterocycles. The minimum Gasteiger partial charge on any atom is -0.381 e. The molecule has 2 aliphatic carbocycles. The van der Waals surface area contributed by atoms with Gasteiger partial charge in [-0.05, 0) is 56.1 Å². The van der Waals surface area contributed by atoms with E-state index in [-0.39, 0.29) is 16.7 Å². The van der Waals surface area contributed by atoms with Gasteiger partial charge in [-0.2, -0.15) is 0 Å². The van der Waals surface area contributed by atoms with Crippen LogP contribution in [0, 0.1) is 23.0 Å². The predicted molar refractivity (Wildman–Crippen MR) is 77.2 cm³/mol. The SMILES string of the molecule is CCNc1c(F)cc(C(=O)NCC2(C3CC3)CC2)cc1F. The van der Waals surface area contributed by atoms with Gasteiger partial charge < -0.3 is 10.6 Å². The van der Waals surface area contributed by atoms with Crippen LogP contribution < -0.4 is 10.6 Å². The number of anilines is 1. The predicted octanol–water partition coefficient (Wildman–Crippen LogP) is 3.32. The van der Waals surface area contributed by atoms with Gasteiger partial charge in [0.2, 0.25) is 0 Å². The van der Waals surface area contributed by atoms with Crippen molar-refractivity contribution >= 4 is 11.6 Å². The Labute approximate surface area is 123 Å². The summed E-state index contributed by atoms with van der Waals surface area (Å²) in [5, 5.41) is 5.45. The first kappa shape index (κ1) is 14.3. The van der Waals surface area contributed by atoms with Crippen LogP contribution in [0.4, 0.5) is 14.5 Å². The Morgan fingerprint density at radius 1 is 1.29 bits per heavy atom. The van der Waals surface area contributed by atoms with Crippen molar-refractivity contribution in [3.8, 4) is 0 Å². The molecule has 114 valence electrons. The van der Waals surface area contributed by atoms with Gasteiger partial charge in [-0.1, -0.05) is 0 Å². The number of benzene rings is 1. The van der Waals surface area contributed by atoms with Crippen molar-refractivity contribution in [3.63, 3.8) is 0 Å². The Bertz CT molecular complexity index is 542. The number of carbonyl (C=O) groups is 1. The number of carbonyl (C=O) groups excluding carboxylic acids is 1. The van der Waals surface area contributed by atoms with Crippen LogP contribution in [-0.4, -0.2) is 19.0 Å². The molecule has 0 radical (unpaired) electrons. The van der Waals surface area contributed by atoms with E-state index in [1.807, 2.05) is 0 Å². The van der Waals surface area contributed by atoms with Crippen LogP contribution in [0.3, 0.4) is 0 Å². The maximum absolute atomic E-state index is 13.8. The number of halogens is 2. The number of rotatable bonds is 6. The van der Waals surface area contributed by atoms with E-state index in [2.05, 4.69) is 10.6 Å². The number of nitrogens with one attached hydrogen (secondary N) is 2. The van der Waals surface area contributed by atoms with E-state index in [1.54, 1.807) is 6.92 Å². The molecule has 0 atom stereocenters. The number of hydrogen-bond acceptors (Lipinski definition) is 2. The molecule has 0 saturated heterocycles. The summed E-state index contributed by atoms with van der Waals surface area (Å²) >= 11 is 0. The summed E-state index contributed by atoms with van der Waals surface area (Å²) in [7, 11) is 0. The van der Waals surface area contributed by atoms with Gasteiger partial charge in [0.05, 0.1) is 0 Å². The lowest BCUT2D eigenvalue weighted by Crippen LogP contribution is -2.31. The van der Waals surface area contributed by atoms with Gasteiger partial charge in [-0.3, -0.25) is 4.79 Å². The molecule has 1 aromatic carbocycles. The molecule has 2 fully saturated rings. The molecular weight excluding hydrogens is 274 g/mol. The molecule has 2 saturated carbocycles. The maximum atomic E-state index is 13.8. The monoisotopic (exact) mass is 294 g/mol. The smallest absolute Gasteiger partial charge is 0.251 e. The third kappa shape index (κ3) is 2.87. The van der Waals surface area contributed by atoms with Crippen LogP contribution >= 0.6 is 0 Å². The van der Waals surface area contributed by atoms with Gasteiger partial charge in [0.1, 0.15) is 17.3 Å². The van der Waals surface area contributed by atoms with Crippen molar-refractivity contribution in [3.05, 3.63) is 29.3 Å². The normalized spacial score (nSPS) is 19.2. The summed E-state index contributed by atoms with van der Waals surface area (Å²) in [6.07, 6.45) is 4.80. The zero-order valence-electron chi connectivity index (χ0n) is 12.1. The Morgan fingerprint density at radius 3 is 2.38 bits per heavy atom. The number of amides is 1. The van der Waals surface area contributed by atoms with Crippen molar-refractivity contribution in [2.45, 2.75) is 32.6 Å². The fourth-order valence-electron chi connectivity index (χ4n) is 2.99. The van der Waals surface area contributed by atoms with E-state index in [1.165, 1.54) is 12.8 Å². The summed E-state index contributed by atoms with van der Waals surface area (Å²) in [4.78, 5) is 12.1. The van der Waals surface area contributed by atoms with Crippen molar-refractivity contribution in [1.82, 2.24) is 5.32 Å². The first-order chi connectivity index (χ1) is 10.1. The molecule has 2 aliphatic rings. The second-order valence-electron chi connectivity index (χ2n) is 6.16. The van der Waals surface area contributed by atoms with Gasteiger partial charge in [-0.25, -0.2) is 8.78 Å². The number of hydrogen-bond donors (Lipinski definition) is 2. The zero-order valence-corrected chi connectivity index (χ0v) is 12.1. The van der Waals surface area contributed by atoms with Gasteiger partial charge in [0, 0.05) is 18.7 Å². The average molecular weight is 294 g/mol. The topological polar surface area (TPSA) is 41.1 Å². The highest BCUT2D eigenvalue weighted by Gasteiger charge is 2.53. The molecule has 1 aromatic rings. The van der Waals surface area contributed by atoms with Crippen LogP contribution in [0.1, 0.15) is 43.0 Å². The highest BCUT2D eigenvalue weighted by Crippen LogP contribution is 2.60. The van der Waals surface area contributed by atoms with E-state index in [0.29, 0.717) is 13.1 Å². The van der Waals surface area contributed by atoms with E-state index in [9.17, 15) is 13.6 Å². The van der Waals surface area contributed by atoms with Crippen molar-refractivity contribution in [2.24, 2.45) is 11.3 Å². The summed E-state index contributed by atoms with van der Waals surface area (Å²) in [5.74, 6) is -1.12. The van der Waals surface area contributed by atoms with E-state index < -0.39 is 17.5 Å². The Hall–Kier alpha value is -1.65. The minimum atomic E-state index is -0.731. The molecule has 0 unspecified atom stereocenters. The lowest BCUT2D eigenvalue weighted by Gasteiger charge is -2.15. The largest absolute Gasteiger partial charge is 0.381 e. The molecule has 3 rings (SSSR count). The van der Waals surface area contributed by atoms with E-state index in [4.69, 9.17) is 0 Å². The second-order valence-corrected chi connectivity index (χ2v) is 6.16. The third-order valence-electron chi connectivity index (χ3n) is 4.59. The fraction of sp³-hybridized carbons (Fsp3) is 0.562. The average Bonchev–Trinajstić information content (AvgIpc) is 3.32. The fourth-order valence-corrected chi connectivity index (χ4v) is 2.99. The van der Waals surface area contributed by atoms with E-state index >= 15 is 0 Å². The van der Waals surface area contributed by atoms with Crippen LogP contribution in [0.25, 0.3) is 0 Å². The Balaban J connectivity index is 1.67. The van der Waals surface area contributed by atoms with Gasteiger partial charge in [0.15, 0.2) is 0 Å². The van der Waals surface area contributed by atoms with E-state index in [0.717, 1.165) is 30.9 Å². The summed E-state index contributed by atoms with van der Waals surface area (Å²) < 4.78 is 27.6. The molecule has 0 spiro atoms. The standard InChI is InChI=1S/C16H20F2N2O/c1-2-19-14-12(17)7-10(8-13(14)18)15(21)20-9-16(5-6-16)11-3-4-11/h7-8,11,19H,2-6,9H2,1H3,(H,20,21). The Kier molecular flexibility index (Phi) is 3.59. The first-order valence-corrected chi connectivity index (χ1v) is 7.57. The van der Waals surface area contributed by atoms with Gasteiger partial charge >= 0.3 is 0 Å². The molecule has 21 heavy (non-hydrogen) atoms. The first-order valence-electron chi connectivity index (χ1n) is 7.57. The molecule has 2 N–H and O–H groups in total. The highest BCUT2D eigenvalue weighted by atomic mass is 19.1. The minimum absolute atomic E-state index is 0.0400. The molecule has 0 heterocycles. The van der Waals surface area contributed by atoms with Gasteiger partial charge in [0.25, 0.3) is 5.91 Å². The van der Waals surface area contributed by atoms with Crippen molar-refractivity contribution in [2.75, 3.05) is 18.4 Å². The summed E-state index contributed by atoms with van der Waals surface area (Å²) in [6.45, 7) is 2.80. The van der Waals surface area contributed by atoms with Gasteiger partial charge in [-0.15, -0.1) is 0 Å². The van der Waals surface area contributed by atoms with Crippen LogP contribution in [0.5, 0.6) is 0 Å². The molecule has 1 amide bonds.